The van der Waals surface area contributed by atoms with Crippen LogP contribution in [0.1, 0.15) is 21.7 Å². The number of nitrogens with zero attached hydrogens (tertiary/aromatic N) is 3. The van der Waals surface area contributed by atoms with Crippen molar-refractivity contribution in [1.82, 2.24) is 19.7 Å². The summed E-state index contributed by atoms with van der Waals surface area (Å²) in [7, 11) is 1.77. The number of halogens is 1. The van der Waals surface area contributed by atoms with E-state index in [1.165, 1.54) is 0 Å². The maximum atomic E-state index is 13.1. The molecule has 0 amide bonds. The molecule has 4 rings (SSSR count). The maximum absolute atomic E-state index is 13.1. The lowest BCUT2D eigenvalue weighted by molar-refractivity contribution is 0.103. The molecule has 0 bridgehead atoms. The van der Waals surface area contributed by atoms with E-state index in [-0.39, 0.29) is 5.78 Å². The predicted molar refractivity (Wildman–Crippen MR) is 97.9 cm³/mol. The van der Waals surface area contributed by atoms with Crippen LogP contribution in [-0.2, 0) is 7.05 Å². The fourth-order valence-electron chi connectivity index (χ4n) is 3.07. The van der Waals surface area contributed by atoms with Crippen molar-refractivity contribution in [1.29, 1.82) is 0 Å². The number of aromatic nitrogens is 4. The van der Waals surface area contributed by atoms with Crippen molar-refractivity contribution >= 4 is 28.4 Å². The van der Waals surface area contributed by atoms with Gasteiger partial charge in [0.05, 0.1) is 11.3 Å². The average Bonchev–Trinajstić information content (AvgIpc) is 3.18. The number of fused-ring (bicyclic) bond motifs is 1. The first-order chi connectivity index (χ1) is 12.0. The molecule has 0 atom stereocenters. The zero-order valence-electron chi connectivity index (χ0n) is 13.7. The molecule has 0 fully saturated rings. The third-order valence-electron chi connectivity index (χ3n) is 4.21. The summed E-state index contributed by atoms with van der Waals surface area (Å²) in [4.78, 5) is 20.5. The summed E-state index contributed by atoms with van der Waals surface area (Å²) in [6.45, 7) is 1.87. The van der Waals surface area contributed by atoms with Gasteiger partial charge in [0.15, 0.2) is 0 Å². The summed E-state index contributed by atoms with van der Waals surface area (Å²) in [5, 5.41) is 5.74. The van der Waals surface area contributed by atoms with Crippen molar-refractivity contribution in [2.24, 2.45) is 7.05 Å². The van der Waals surface area contributed by atoms with Gasteiger partial charge >= 0.3 is 0 Å². The Kier molecular flexibility index (Phi) is 3.66. The molecule has 3 aromatic heterocycles. The summed E-state index contributed by atoms with van der Waals surface area (Å²) in [6.07, 6.45) is 3.44. The van der Waals surface area contributed by atoms with Crippen LogP contribution >= 0.6 is 11.6 Å². The van der Waals surface area contributed by atoms with Crippen molar-refractivity contribution in [2.45, 2.75) is 6.92 Å². The number of aromatic amines is 1. The number of hydrogen-bond acceptors (Lipinski definition) is 3. The van der Waals surface area contributed by atoms with E-state index < -0.39 is 0 Å². The van der Waals surface area contributed by atoms with Crippen LogP contribution in [-0.4, -0.2) is 25.5 Å². The summed E-state index contributed by atoms with van der Waals surface area (Å²) in [6, 6.07) is 11.2. The summed E-state index contributed by atoms with van der Waals surface area (Å²) < 4.78 is 1.61. The van der Waals surface area contributed by atoms with Gasteiger partial charge in [-0.3, -0.25) is 9.48 Å². The minimum atomic E-state index is -0.0856. The Labute approximate surface area is 149 Å². The first kappa shape index (κ1) is 15.6. The third kappa shape index (κ3) is 2.62. The molecule has 1 N–H and O–H groups in total. The Morgan fingerprint density at radius 3 is 2.64 bits per heavy atom. The number of H-pyrrole nitrogens is 1. The van der Waals surface area contributed by atoms with Gasteiger partial charge in [0.1, 0.15) is 11.3 Å². The topological polar surface area (TPSA) is 63.6 Å². The van der Waals surface area contributed by atoms with Crippen molar-refractivity contribution in [3.63, 3.8) is 0 Å². The first-order valence-electron chi connectivity index (χ1n) is 7.82. The van der Waals surface area contributed by atoms with E-state index in [0.29, 0.717) is 21.9 Å². The second kappa shape index (κ2) is 5.86. The van der Waals surface area contributed by atoms with Crippen LogP contribution in [0, 0.1) is 6.92 Å². The summed E-state index contributed by atoms with van der Waals surface area (Å²) >= 11 is 6.00. The largest absolute Gasteiger partial charge is 0.345 e. The van der Waals surface area contributed by atoms with Crippen molar-refractivity contribution in [2.75, 3.05) is 0 Å². The molecule has 0 saturated heterocycles. The Morgan fingerprint density at radius 2 is 1.96 bits per heavy atom. The van der Waals surface area contributed by atoms with E-state index in [4.69, 9.17) is 11.6 Å². The van der Waals surface area contributed by atoms with Gasteiger partial charge in [0, 0.05) is 29.9 Å². The van der Waals surface area contributed by atoms with Crippen LogP contribution in [0.25, 0.3) is 22.2 Å². The Balaban J connectivity index is 1.92. The fraction of sp³-hybridized carbons (Fsp3) is 0.105. The number of carbonyl (C=O) groups is 1. The molecule has 0 aliphatic carbocycles. The van der Waals surface area contributed by atoms with E-state index in [9.17, 15) is 4.79 Å². The summed E-state index contributed by atoms with van der Waals surface area (Å²) in [5.74, 6) is -0.0856. The lowest BCUT2D eigenvalue weighted by atomic mass is 9.99. The van der Waals surface area contributed by atoms with E-state index in [1.807, 2.05) is 37.3 Å². The molecule has 5 nitrogen and oxygen atoms in total. The number of carbonyl (C=O) groups excluding carboxylic acids is 1. The van der Waals surface area contributed by atoms with Crippen molar-refractivity contribution < 1.29 is 4.79 Å². The van der Waals surface area contributed by atoms with Gasteiger partial charge in [-0.25, -0.2) is 4.98 Å². The number of hydrogen-bond donors (Lipinski definition) is 1. The van der Waals surface area contributed by atoms with Gasteiger partial charge < -0.3 is 4.98 Å². The van der Waals surface area contributed by atoms with Crippen molar-refractivity contribution in [3.8, 4) is 11.1 Å². The van der Waals surface area contributed by atoms with Crippen molar-refractivity contribution in [3.05, 3.63) is 70.8 Å². The van der Waals surface area contributed by atoms with Crippen LogP contribution in [0.15, 0.2) is 48.8 Å². The molecule has 124 valence electrons. The molecule has 1 aromatic carbocycles. The highest BCUT2D eigenvalue weighted by atomic mass is 35.5. The average molecular weight is 351 g/mol. The highest BCUT2D eigenvalue weighted by molar-refractivity contribution is 6.30. The molecular formula is C19H15ClN4O. The zero-order chi connectivity index (χ0) is 17.6. The molecule has 0 aliphatic rings. The Morgan fingerprint density at radius 1 is 1.20 bits per heavy atom. The van der Waals surface area contributed by atoms with Crippen LogP contribution in [0.5, 0.6) is 0 Å². The molecule has 0 aliphatic heterocycles. The monoisotopic (exact) mass is 350 g/mol. The second-order valence-corrected chi connectivity index (χ2v) is 6.35. The van der Waals surface area contributed by atoms with E-state index in [1.54, 1.807) is 30.2 Å². The quantitative estimate of drug-likeness (QED) is 0.564. The lowest BCUT2D eigenvalue weighted by Crippen LogP contribution is -2.08. The van der Waals surface area contributed by atoms with Gasteiger partial charge in [0.25, 0.3) is 0 Å². The molecule has 3 heterocycles. The van der Waals surface area contributed by atoms with Gasteiger partial charge in [-0.1, -0.05) is 23.7 Å². The van der Waals surface area contributed by atoms with Gasteiger partial charge in [-0.15, -0.1) is 0 Å². The molecule has 0 saturated carbocycles. The Hall–Kier alpha value is -2.92. The van der Waals surface area contributed by atoms with E-state index in [2.05, 4.69) is 15.1 Å². The zero-order valence-corrected chi connectivity index (χ0v) is 14.5. The predicted octanol–water partition coefficient (Wildman–Crippen LogP) is 4.16. The number of pyridine rings is 1. The van der Waals surface area contributed by atoms with Crippen LogP contribution in [0.2, 0.25) is 5.02 Å². The smallest absolute Gasteiger partial charge is 0.213 e. The van der Waals surface area contributed by atoms with E-state index in [0.717, 1.165) is 22.2 Å². The first-order valence-corrected chi connectivity index (χ1v) is 8.20. The van der Waals surface area contributed by atoms with Crippen LogP contribution in [0.3, 0.4) is 0 Å². The number of benzene rings is 1. The standard InChI is InChI=1S/C19H15ClN4O/c1-11-9-16(24(2)23-11)18(25)15-10-22-19-17(15)14(7-8-21-19)12-3-5-13(20)6-4-12/h3-10H,1-2H3,(H,21,22). The molecule has 25 heavy (non-hydrogen) atoms. The molecule has 6 heteroatoms. The SMILES string of the molecule is Cc1cc(C(=O)c2c[nH]c3nccc(-c4ccc(Cl)cc4)c23)n(C)n1. The molecule has 0 radical (unpaired) electrons. The minimum Gasteiger partial charge on any atom is -0.345 e. The maximum Gasteiger partial charge on any atom is 0.213 e. The fourth-order valence-corrected chi connectivity index (χ4v) is 3.19. The lowest BCUT2D eigenvalue weighted by Gasteiger charge is -2.06. The normalized spacial score (nSPS) is 11.2. The van der Waals surface area contributed by atoms with Gasteiger partial charge in [0.2, 0.25) is 5.78 Å². The second-order valence-electron chi connectivity index (χ2n) is 5.92. The van der Waals surface area contributed by atoms with Crippen LogP contribution in [0.4, 0.5) is 0 Å². The van der Waals surface area contributed by atoms with Crippen LogP contribution < -0.4 is 0 Å². The number of nitrogens with one attached hydrogen (secondary N) is 1. The highest BCUT2D eigenvalue weighted by Crippen LogP contribution is 2.31. The number of rotatable bonds is 3. The number of aryl methyl sites for hydroxylation is 2. The minimum absolute atomic E-state index is 0.0856. The molecule has 0 unspecified atom stereocenters. The van der Waals surface area contributed by atoms with Gasteiger partial charge in [-0.05, 0) is 42.3 Å². The van der Waals surface area contributed by atoms with Gasteiger partial charge in [-0.2, -0.15) is 5.10 Å². The van der Waals surface area contributed by atoms with E-state index >= 15 is 0 Å². The molecule has 4 aromatic rings. The number of ketones is 1. The summed E-state index contributed by atoms with van der Waals surface area (Å²) in [5.41, 5.74) is 4.52. The highest BCUT2D eigenvalue weighted by Gasteiger charge is 2.21. The molecule has 0 spiro atoms. The Bertz CT molecular complexity index is 1090. The molecular weight excluding hydrogens is 336 g/mol. The third-order valence-corrected chi connectivity index (χ3v) is 4.46.